The standard InChI is InChI=1S/C23H22N2O4S/c26-22-19(15-4-2-1-3-5-15)13-17(12-18-14-24(23(27)28)9-10-29-18)20-21-16(7-11-30-21)6-8-25(20)22/h1-5,7,11,13,18H,6,8-10,12,14H2,(H,27,28). The molecule has 3 aromatic rings. The van der Waals surface area contributed by atoms with Crippen molar-refractivity contribution < 1.29 is 14.6 Å². The molecule has 5 rings (SSSR count). The van der Waals surface area contributed by atoms with Crippen LogP contribution < -0.4 is 5.56 Å². The molecule has 1 N–H and O–H groups in total. The van der Waals surface area contributed by atoms with Crippen LogP contribution in [0.25, 0.3) is 21.7 Å². The maximum absolute atomic E-state index is 13.4. The molecule has 2 aliphatic heterocycles. The summed E-state index contributed by atoms with van der Waals surface area (Å²) in [7, 11) is 0. The van der Waals surface area contributed by atoms with Gasteiger partial charge in [-0.2, -0.15) is 0 Å². The van der Waals surface area contributed by atoms with Crippen LogP contribution in [0.3, 0.4) is 0 Å². The average Bonchev–Trinajstić information content (AvgIpc) is 3.25. The van der Waals surface area contributed by atoms with E-state index in [4.69, 9.17) is 4.74 Å². The van der Waals surface area contributed by atoms with E-state index in [-0.39, 0.29) is 11.7 Å². The number of benzene rings is 1. The number of nitrogens with zero attached hydrogens (tertiary/aromatic N) is 2. The Morgan fingerprint density at radius 1 is 1.20 bits per heavy atom. The van der Waals surface area contributed by atoms with Crippen molar-refractivity contribution in [3.8, 4) is 21.7 Å². The molecule has 4 heterocycles. The maximum Gasteiger partial charge on any atom is 0.407 e. The van der Waals surface area contributed by atoms with Gasteiger partial charge in [0.05, 0.1) is 29.8 Å². The van der Waals surface area contributed by atoms with Crippen LogP contribution in [-0.4, -0.2) is 46.5 Å². The fourth-order valence-corrected chi connectivity index (χ4v) is 5.46. The number of fused-ring (bicyclic) bond motifs is 3. The molecule has 1 unspecified atom stereocenters. The van der Waals surface area contributed by atoms with Gasteiger partial charge in [0.2, 0.25) is 0 Å². The van der Waals surface area contributed by atoms with E-state index >= 15 is 0 Å². The van der Waals surface area contributed by atoms with Gasteiger partial charge in [0.1, 0.15) is 0 Å². The van der Waals surface area contributed by atoms with Gasteiger partial charge in [-0.1, -0.05) is 30.3 Å². The zero-order chi connectivity index (χ0) is 20.7. The number of aryl methyl sites for hydroxylation is 1. The third-order valence-corrected chi connectivity index (χ3v) is 6.84. The van der Waals surface area contributed by atoms with Crippen LogP contribution in [0.15, 0.2) is 52.6 Å². The minimum Gasteiger partial charge on any atom is -0.465 e. The van der Waals surface area contributed by atoms with Crippen molar-refractivity contribution in [2.24, 2.45) is 0 Å². The zero-order valence-corrected chi connectivity index (χ0v) is 17.2. The molecule has 1 fully saturated rings. The first-order chi connectivity index (χ1) is 14.6. The number of pyridine rings is 1. The lowest BCUT2D eigenvalue weighted by Crippen LogP contribution is -2.46. The minimum absolute atomic E-state index is 0.0238. The lowest BCUT2D eigenvalue weighted by molar-refractivity contribution is -0.0210. The van der Waals surface area contributed by atoms with Crippen molar-refractivity contribution in [2.75, 3.05) is 19.7 Å². The fraction of sp³-hybridized carbons (Fsp3) is 0.304. The second-order valence-electron chi connectivity index (χ2n) is 7.71. The summed E-state index contributed by atoms with van der Waals surface area (Å²) in [5.41, 5.74) is 4.87. The van der Waals surface area contributed by atoms with Gasteiger partial charge < -0.3 is 19.3 Å². The highest BCUT2D eigenvalue weighted by atomic mass is 32.1. The summed E-state index contributed by atoms with van der Waals surface area (Å²) in [4.78, 5) is 27.4. The van der Waals surface area contributed by atoms with E-state index in [9.17, 15) is 14.7 Å². The summed E-state index contributed by atoms with van der Waals surface area (Å²) in [5.74, 6) is 0. The van der Waals surface area contributed by atoms with Crippen LogP contribution in [0.4, 0.5) is 4.79 Å². The van der Waals surface area contributed by atoms with Gasteiger partial charge in [0.15, 0.2) is 0 Å². The van der Waals surface area contributed by atoms with Gasteiger partial charge in [0, 0.05) is 25.1 Å². The lowest BCUT2D eigenvalue weighted by Gasteiger charge is -2.32. The molecule has 0 saturated carbocycles. The first kappa shape index (κ1) is 19.1. The number of hydrogen-bond acceptors (Lipinski definition) is 4. The molecular formula is C23H22N2O4S. The van der Waals surface area contributed by atoms with E-state index in [2.05, 4.69) is 11.4 Å². The second-order valence-corrected chi connectivity index (χ2v) is 8.62. The van der Waals surface area contributed by atoms with E-state index < -0.39 is 6.09 Å². The summed E-state index contributed by atoms with van der Waals surface area (Å²) in [6.07, 6.45) is 0.262. The Balaban J connectivity index is 1.62. The highest BCUT2D eigenvalue weighted by Crippen LogP contribution is 2.37. The second kappa shape index (κ2) is 7.74. The average molecular weight is 423 g/mol. The Kier molecular flexibility index (Phi) is 4.92. The highest BCUT2D eigenvalue weighted by Gasteiger charge is 2.28. The van der Waals surface area contributed by atoms with Gasteiger partial charge in [-0.25, -0.2) is 4.79 Å². The van der Waals surface area contributed by atoms with Crippen molar-refractivity contribution in [3.05, 3.63) is 69.3 Å². The molecule has 30 heavy (non-hydrogen) atoms. The SMILES string of the molecule is O=C(O)N1CCOC(Cc2cc(-c3ccccc3)c(=O)n3c2-c2sccc2CC3)C1. The molecule has 2 aromatic heterocycles. The number of carbonyl (C=O) groups is 1. The van der Waals surface area contributed by atoms with E-state index in [1.807, 2.05) is 41.0 Å². The Morgan fingerprint density at radius 3 is 2.83 bits per heavy atom. The topological polar surface area (TPSA) is 71.8 Å². The number of morpholine rings is 1. The molecule has 1 atom stereocenters. The number of ether oxygens (including phenoxy) is 1. The summed E-state index contributed by atoms with van der Waals surface area (Å²) < 4.78 is 7.81. The van der Waals surface area contributed by atoms with Crippen LogP contribution in [0.5, 0.6) is 0 Å². The Hall–Kier alpha value is -2.90. The zero-order valence-electron chi connectivity index (χ0n) is 16.4. The van der Waals surface area contributed by atoms with Crippen molar-refractivity contribution in [2.45, 2.75) is 25.5 Å². The van der Waals surface area contributed by atoms with Crippen molar-refractivity contribution in [1.29, 1.82) is 0 Å². The molecule has 0 radical (unpaired) electrons. The van der Waals surface area contributed by atoms with Gasteiger partial charge >= 0.3 is 6.09 Å². The highest BCUT2D eigenvalue weighted by molar-refractivity contribution is 7.13. The molecule has 2 aliphatic rings. The third-order valence-electron chi connectivity index (χ3n) is 5.88. The first-order valence-corrected chi connectivity index (χ1v) is 11.0. The summed E-state index contributed by atoms with van der Waals surface area (Å²) in [5, 5.41) is 11.4. The van der Waals surface area contributed by atoms with Crippen molar-refractivity contribution in [3.63, 3.8) is 0 Å². The third kappa shape index (κ3) is 3.34. The van der Waals surface area contributed by atoms with Crippen LogP contribution in [0, 0.1) is 0 Å². The molecule has 0 aliphatic carbocycles. The van der Waals surface area contributed by atoms with E-state index in [0.29, 0.717) is 38.2 Å². The molecule has 6 nitrogen and oxygen atoms in total. The van der Waals surface area contributed by atoms with Crippen LogP contribution in [0.1, 0.15) is 11.1 Å². The van der Waals surface area contributed by atoms with E-state index in [1.165, 1.54) is 10.5 Å². The van der Waals surface area contributed by atoms with E-state index in [0.717, 1.165) is 28.1 Å². The molecule has 0 bridgehead atoms. The maximum atomic E-state index is 13.4. The molecule has 1 saturated heterocycles. The summed E-state index contributed by atoms with van der Waals surface area (Å²) in [6.45, 7) is 1.77. The number of aromatic nitrogens is 1. The van der Waals surface area contributed by atoms with E-state index in [1.54, 1.807) is 11.3 Å². The molecule has 7 heteroatoms. The minimum atomic E-state index is -0.917. The quantitative estimate of drug-likeness (QED) is 0.698. The van der Waals surface area contributed by atoms with Crippen LogP contribution in [-0.2, 0) is 24.1 Å². The van der Waals surface area contributed by atoms with Crippen LogP contribution >= 0.6 is 11.3 Å². The first-order valence-electron chi connectivity index (χ1n) is 10.1. The Labute approximate surface area is 178 Å². The predicted octanol–water partition coefficient (Wildman–Crippen LogP) is 3.72. The summed E-state index contributed by atoms with van der Waals surface area (Å²) in [6, 6.07) is 13.8. The van der Waals surface area contributed by atoms with Crippen molar-refractivity contribution >= 4 is 17.4 Å². The molecule has 1 aromatic carbocycles. The van der Waals surface area contributed by atoms with Gasteiger partial charge in [0.25, 0.3) is 5.56 Å². The smallest absolute Gasteiger partial charge is 0.407 e. The number of thiophene rings is 1. The molecular weight excluding hydrogens is 400 g/mol. The number of carboxylic acid groups (broad SMARTS) is 1. The summed E-state index contributed by atoms with van der Waals surface area (Å²) >= 11 is 1.65. The van der Waals surface area contributed by atoms with Crippen LogP contribution in [0.2, 0.25) is 0 Å². The Bertz CT molecular complexity index is 1150. The van der Waals surface area contributed by atoms with Gasteiger partial charge in [-0.3, -0.25) is 4.79 Å². The van der Waals surface area contributed by atoms with Crippen molar-refractivity contribution in [1.82, 2.24) is 9.47 Å². The normalized spacial score (nSPS) is 18.0. The number of rotatable bonds is 3. The largest absolute Gasteiger partial charge is 0.465 e. The molecule has 0 spiro atoms. The molecule has 154 valence electrons. The predicted molar refractivity (Wildman–Crippen MR) is 116 cm³/mol. The van der Waals surface area contributed by atoms with Gasteiger partial charge in [-0.05, 0) is 40.6 Å². The van der Waals surface area contributed by atoms with Gasteiger partial charge in [-0.15, -0.1) is 11.3 Å². The lowest BCUT2D eigenvalue weighted by atomic mass is 9.95. The number of amides is 1. The number of hydrogen-bond donors (Lipinski definition) is 1. The fourth-order valence-electron chi connectivity index (χ4n) is 4.42. The molecule has 1 amide bonds. The monoisotopic (exact) mass is 422 g/mol. The Morgan fingerprint density at radius 2 is 2.03 bits per heavy atom.